The Kier molecular flexibility index (Phi) is 4.13. The highest BCUT2D eigenvalue weighted by Crippen LogP contribution is 2.34. The molecule has 1 aromatic heterocycles. The summed E-state index contributed by atoms with van der Waals surface area (Å²) in [5.74, 6) is 0. The van der Waals surface area contributed by atoms with Crippen molar-refractivity contribution in [2.45, 2.75) is 0 Å². The van der Waals surface area contributed by atoms with Crippen LogP contribution in [0.2, 0.25) is 10.0 Å². The summed E-state index contributed by atoms with van der Waals surface area (Å²) in [6, 6.07) is 13.5. The van der Waals surface area contributed by atoms with Crippen LogP contribution in [-0.2, 0) is 0 Å². The summed E-state index contributed by atoms with van der Waals surface area (Å²) in [5.41, 5.74) is 2.95. The van der Waals surface area contributed by atoms with Gasteiger partial charge in [-0.25, -0.2) is 4.98 Å². The number of thiazole rings is 1. The lowest BCUT2D eigenvalue weighted by Crippen LogP contribution is -1.81. The first-order chi connectivity index (χ1) is 9.63. The molecule has 0 saturated carbocycles. The zero-order valence-electron chi connectivity index (χ0n) is 10.1. The fourth-order valence-corrected chi connectivity index (χ4v) is 3.70. The standard InChI is InChI=1S/C15H8BrCl2NS/c16-13-4-2-1-3-12(13)14-8-20-15(19-14)9-5-10(17)7-11(18)6-9/h1-8H. The van der Waals surface area contributed by atoms with Crippen LogP contribution in [0.5, 0.6) is 0 Å². The molecule has 0 bridgehead atoms. The van der Waals surface area contributed by atoms with E-state index in [4.69, 9.17) is 23.2 Å². The van der Waals surface area contributed by atoms with Gasteiger partial charge in [0.15, 0.2) is 0 Å². The summed E-state index contributed by atoms with van der Waals surface area (Å²) >= 11 is 17.2. The van der Waals surface area contributed by atoms with Crippen LogP contribution >= 0.6 is 50.5 Å². The Morgan fingerprint density at radius 3 is 2.40 bits per heavy atom. The smallest absolute Gasteiger partial charge is 0.124 e. The van der Waals surface area contributed by atoms with E-state index in [0.717, 1.165) is 26.3 Å². The van der Waals surface area contributed by atoms with E-state index in [-0.39, 0.29) is 0 Å². The molecule has 0 fully saturated rings. The van der Waals surface area contributed by atoms with E-state index >= 15 is 0 Å². The molecule has 0 amide bonds. The summed E-state index contributed by atoms with van der Waals surface area (Å²) in [6.45, 7) is 0. The van der Waals surface area contributed by atoms with E-state index in [1.807, 2.05) is 41.8 Å². The summed E-state index contributed by atoms with van der Waals surface area (Å²) in [6.07, 6.45) is 0. The van der Waals surface area contributed by atoms with Crippen LogP contribution in [0.25, 0.3) is 21.8 Å². The average Bonchev–Trinajstić information content (AvgIpc) is 2.87. The van der Waals surface area contributed by atoms with E-state index in [2.05, 4.69) is 20.9 Å². The molecule has 20 heavy (non-hydrogen) atoms. The third-order valence-electron chi connectivity index (χ3n) is 2.76. The third kappa shape index (κ3) is 2.91. The Hall–Kier alpha value is -0.870. The summed E-state index contributed by atoms with van der Waals surface area (Å²) in [4.78, 5) is 4.67. The lowest BCUT2D eigenvalue weighted by Gasteiger charge is -2.00. The normalized spacial score (nSPS) is 10.8. The molecule has 3 aromatic rings. The molecule has 2 aromatic carbocycles. The van der Waals surface area contributed by atoms with Gasteiger partial charge in [-0.15, -0.1) is 11.3 Å². The lowest BCUT2D eigenvalue weighted by atomic mass is 10.2. The fraction of sp³-hybridized carbons (Fsp3) is 0. The molecule has 0 aliphatic rings. The van der Waals surface area contributed by atoms with Gasteiger partial charge < -0.3 is 0 Å². The molecular weight excluding hydrogens is 377 g/mol. The van der Waals surface area contributed by atoms with E-state index in [0.29, 0.717) is 10.0 Å². The second-order valence-electron chi connectivity index (χ2n) is 4.18. The van der Waals surface area contributed by atoms with Gasteiger partial charge in [-0.3, -0.25) is 0 Å². The molecule has 0 spiro atoms. The Labute approximate surface area is 139 Å². The van der Waals surface area contributed by atoms with Crippen molar-refractivity contribution < 1.29 is 0 Å². The summed E-state index contributed by atoms with van der Waals surface area (Å²) < 4.78 is 1.03. The first-order valence-corrected chi connectivity index (χ1v) is 8.23. The van der Waals surface area contributed by atoms with E-state index < -0.39 is 0 Å². The lowest BCUT2D eigenvalue weighted by molar-refractivity contribution is 1.39. The van der Waals surface area contributed by atoms with Crippen LogP contribution in [0.3, 0.4) is 0 Å². The van der Waals surface area contributed by atoms with Crippen LogP contribution < -0.4 is 0 Å². The van der Waals surface area contributed by atoms with Gasteiger partial charge in [-0.2, -0.15) is 0 Å². The van der Waals surface area contributed by atoms with Gasteiger partial charge in [0.1, 0.15) is 5.01 Å². The molecule has 0 atom stereocenters. The van der Waals surface area contributed by atoms with Crippen LogP contribution in [0.1, 0.15) is 0 Å². The molecule has 0 aliphatic heterocycles. The van der Waals surface area contributed by atoms with E-state index in [9.17, 15) is 0 Å². The molecule has 100 valence electrons. The highest BCUT2D eigenvalue weighted by molar-refractivity contribution is 9.10. The van der Waals surface area contributed by atoms with Gasteiger partial charge in [0.25, 0.3) is 0 Å². The minimum absolute atomic E-state index is 0.616. The topological polar surface area (TPSA) is 12.9 Å². The molecule has 0 saturated heterocycles. The highest BCUT2D eigenvalue weighted by Gasteiger charge is 2.10. The quantitative estimate of drug-likeness (QED) is 0.488. The van der Waals surface area contributed by atoms with Gasteiger partial charge in [0.05, 0.1) is 5.69 Å². The second kappa shape index (κ2) is 5.86. The van der Waals surface area contributed by atoms with E-state index in [1.165, 1.54) is 0 Å². The van der Waals surface area contributed by atoms with Crippen LogP contribution in [0.4, 0.5) is 0 Å². The highest BCUT2D eigenvalue weighted by atomic mass is 79.9. The maximum Gasteiger partial charge on any atom is 0.124 e. The van der Waals surface area contributed by atoms with Crippen LogP contribution in [0.15, 0.2) is 52.3 Å². The molecule has 1 nitrogen and oxygen atoms in total. The Morgan fingerprint density at radius 1 is 1.00 bits per heavy atom. The molecule has 0 unspecified atom stereocenters. The molecule has 3 rings (SSSR count). The maximum atomic E-state index is 6.03. The molecule has 0 N–H and O–H groups in total. The predicted octanol–water partition coefficient (Wildman–Crippen LogP) is 6.55. The van der Waals surface area contributed by atoms with Crippen molar-refractivity contribution in [3.63, 3.8) is 0 Å². The third-order valence-corrected chi connectivity index (χ3v) is 4.78. The predicted molar refractivity (Wildman–Crippen MR) is 90.7 cm³/mol. The summed E-state index contributed by atoms with van der Waals surface area (Å²) in [7, 11) is 0. The number of rotatable bonds is 2. The number of benzene rings is 2. The number of aromatic nitrogens is 1. The van der Waals surface area contributed by atoms with E-state index in [1.54, 1.807) is 17.4 Å². The number of hydrogen-bond acceptors (Lipinski definition) is 2. The zero-order valence-corrected chi connectivity index (χ0v) is 14.0. The van der Waals surface area contributed by atoms with Crippen molar-refractivity contribution in [2.24, 2.45) is 0 Å². The van der Waals surface area contributed by atoms with Gasteiger partial charge in [0, 0.05) is 31.0 Å². The minimum Gasteiger partial charge on any atom is -0.236 e. The van der Waals surface area contributed by atoms with Crippen LogP contribution in [-0.4, -0.2) is 4.98 Å². The van der Waals surface area contributed by atoms with Gasteiger partial charge in [-0.1, -0.05) is 57.3 Å². The van der Waals surface area contributed by atoms with Crippen molar-refractivity contribution in [1.29, 1.82) is 0 Å². The monoisotopic (exact) mass is 383 g/mol. The van der Waals surface area contributed by atoms with Crippen molar-refractivity contribution in [2.75, 3.05) is 0 Å². The fourth-order valence-electron chi connectivity index (χ4n) is 1.88. The Balaban J connectivity index is 2.04. The Morgan fingerprint density at radius 2 is 1.70 bits per heavy atom. The largest absolute Gasteiger partial charge is 0.236 e. The maximum absolute atomic E-state index is 6.03. The van der Waals surface area contributed by atoms with Crippen molar-refractivity contribution in [3.8, 4) is 21.8 Å². The van der Waals surface area contributed by atoms with Gasteiger partial charge in [0.2, 0.25) is 0 Å². The minimum atomic E-state index is 0.616. The van der Waals surface area contributed by atoms with Gasteiger partial charge >= 0.3 is 0 Å². The summed E-state index contributed by atoms with van der Waals surface area (Å²) in [5, 5.41) is 4.17. The molecule has 0 aliphatic carbocycles. The van der Waals surface area contributed by atoms with Crippen molar-refractivity contribution >= 4 is 50.5 Å². The SMILES string of the molecule is Clc1cc(Cl)cc(-c2nc(-c3ccccc3Br)cs2)c1. The Bertz CT molecular complexity index is 750. The van der Waals surface area contributed by atoms with Crippen molar-refractivity contribution in [1.82, 2.24) is 4.98 Å². The van der Waals surface area contributed by atoms with Crippen LogP contribution in [0, 0.1) is 0 Å². The number of nitrogens with zero attached hydrogens (tertiary/aromatic N) is 1. The molecular formula is C15H8BrCl2NS. The average molecular weight is 385 g/mol. The van der Waals surface area contributed by atoms with Crippen molar-refractivity contribution in [3.05, 3.63) is 62.4 Å². The molecule has 1 heterocycles. The number of halogens is 3. The second-order valence-corrected chi connectivity index (χ2v) is 6.76. The van der Waals surface area contributed by atoms with Gasteiger partial charge in [-0.05, 0) is 24.3 Å². The number of hydrogen-bond donors (Lipinski definition) is 0. The molecule has 0 radical (unpaired) electrons. The first kappa shape index (κ1) is 14.1. The zero-order chi connectivity index (χ0) is 14.1. The molecule has 5 heteroatoms. The first-order valence-electron chi connectivity index (χ1n) is 5.80.